The third kappa shape index (κ3) is 6.55. The normalized spacial score (nSPS) is 18.3. The third-order valence-electron chi connectivity index (χ3n) is 7.94. The number of carbonyl (C=O) groups is 2. The lowest BCUT2D eigenvalue weighted by Crippen LogP contribution is -2.53. The summed E-state index contributed by atoms with van der Waals surface area (Å²) in [5.41, 5.74) is 10.7. The second kappa shape index (κ2) is 13.3. The van der Waals surface area contributed by atoms with E-state index in [9.17, 15) is 24.8 Å². The van der Waals surface area contributed by atoms with Gasteiger partial charge in [-0.15, -0.1) is 0 Å². The van der Waals surface area contributed by atoms with Crippen LogP contribution >= 0.6 is 0 Å². The Morgan fingerprint density at radius 1 is 1.11 bits per heavy atom. The number of carboxylic acids is 1. The Kier molecular flexibility index (Phi) is 9.24. The standard InChI is InChI=1S/C33H37N5O7/c1-4-44-28-19-22(12-13-27(28)45-20(2)3)29(35-37-17-14-21-8-5-6-11-25(21)31(37)34)32(39)36-16-15-26(33(40)41)30(36)23-9-7-10-24(18-23)38(42)43/h5-14,18-20,26,29-30,35H,4,15-17,34H2,1-3H3,(H,40,41). The number of likely N-dealkylation sites (tertiary alicyclic amines) is 1. The maximum absolute atomic E-state index is 14.7. The summed E-state index contributed by atoms with van der Waals surface area (Å²) in [5.74, 6) is -1.05. The number of non-ortho nitro benzene ring substituents is 1. The molecule has 3 aromatic carbocycles. The first kappa shape index (κ1) is 31.3. The van der Waals surface area contributed by atoms with Gasteiger partial charge < -0.3 is 25.2 Å². The molecule has 5 rings (SSSR count). The number of carboxylic acid groups (broad SMARTS) is 1. The summed E-state index contributed by atoms with van der Waals surface area (Å²) in [7, 11) is 0. The monoisotopic (exact) mass is 615 g/mol. The van der Waals surface area contributed by atoms with E-state index in [1.807, 2.05) is 51.1 Å². The molecule has 2 heterocycles. The SMILES string of the molecule is CCOc1cc(C(NN2CC=c3ccccc3=C2N)C(=O)N2CCC(C(=O)O)C2c2cccc([N+](=O)[O-])c2)ccc1OC(C)C. The topological polar surface area (TPSA) is 160 Å². The van der Waals surface area contributed by atoms with E-state index in [2.05, 4.69) is 5.43 Å². The Bertz CT molecular complexity index is 1730. The van der Waals surface area contributed by atoms with Gasteiger partial charge in [0.25, 0.3) is 5.69 Å². The fourth-order valence-electron chi connectivity index (χ4n) is 5.91. The zero-order chi connectivity index (χ0) is 32.2. The number of benzene rings is 3. The molecule has 12 nitrogen and oxygen atoms in total. The number of nitro benzene ring substituents is 1. The first-order valence-electron chi connectivity index (χ1n) is 14.9. The summed E-state index contributed by atoms with van der Waals surface area (Å²) in [6.07, 6.45) is 2.07. The van der Waals surface area contributed by atoms with Crippen LogP contribution in [0.2, 0.25) is 0 Å². The zero-order valence-corrected chi connectivity index (χ0v) is 25.4. The van der Waals surface area contributed by atoms with Crippen molar-refractivity contribution >= 4 is 29.5 Å². The van der Waals surface area contributed by atoms with E-state index in [-0.39, 0.29) is 24.8 Å². The minimum atomic E-state index is -1.08. The van der Waals surface area contributed by atoms with Crippen molar-refractivity contribution < 1.29 is 29.1 Å². The first-order chi connectivity index (χ1) is 21.6. The Morgan fingerprint density at radius 3 is 2.60 bits per heavy atom. The summed E-state index contributed by atoms with van der Waals surface area (Å²) in [4.78, 5) is 39.6. The van der Waals surface area contributed by atoms with Gasteiger partial charge in [0.2, 0.25) is 5.91 Å². The summed E-state index contributed by atoms with van der Waals surface area (Å²) < 4.78 is 11.8. The number of rotatable bonds is 11. The van der Waals surface area contributed by atoms with Crippen molar-refractivity contribution in [3.8, 4) is 11.5 Å². The molecule has 45 heavy (non-hydrogen) atoms. The maximum Gasteiger partial charge on any atom is 0.309 e. The number of aliphatic carboxylic acids is 1. The number of hydrazine groups is 1. The van der Waals surface area contributed by atoms with Gasteiger partial charge in [0.1, 0.15) is 11.9 Å². The van der Waals surface area contributed by atoms with E-state index in [0.29, 0.717) is 41.6 Å². The number of nitrogens with zero attached hydrogens (tertiary/aromatic N) is 3. The van der Waals surface area contributed by atoms with Crippen molar-refractivity contribution in [3.05, 3.63) is 98.4 Å². The third-order valence-corrected chi connectivity index (χ3v) is 7.94. The van der Waals surface area contributed by atoms with Crippen LogP contribution in [-0.4, -0.2) is 57.6 Å². The fraction of sp³-hybridized carbons (Fsp3) is 0.333. The van der Waals surface area contributed by atoms with Gasteiger partial charge >= 0.3 is 5.97 Å². The van der Waals surface area contributed by atoms with Crippen molar-refractivity contribution in [1.29, 1.82) is 0 Å². The molecule has 3 aromatic rings. The van der Waals surface area contributed by atoms with Gasteiger partial charge in [0.05, 0.1) is 36.1 Å². The maximum atomic E-state index is 14.7. The van der Waals surface area contributed by atoms with Gasteiger partial charge in [-0.25, -0.2) is 5.43 Å². The molecule has 0 spiro atoms. The van der Waals surface area contributed by atoms with Gasteiger partial charge in [-0.1, -0.05) is 48.5 Å². The van der Waals surface area contributed by atoms with E-state index < -0.39 is 34.8 Å². The van der Waals surface area contributed by atoms with E-state index in [1.54, 1.807) is 29.3 Å². The van der Waals surface area contributed by atoms with Crippen LogP contribution in [0.15, 0.2) is 66.7 Å². The summed E-state index contributed by atoms with van der Waals surface area (Å²) in [6, 6.07) is 16.8. The average Bonchev–Trinajstić information content (AvgIpc) is 3.47. The van der Waals surface area contributed by atoms with E-state index in [0.717, 1.165) is 10.4 Å². The highest BCUT2D eigenvalue weighted by atomic mass is 16.6. The predicted molar refractivity (Wildman–Crippen MR) is 167 cm³/mol. The Hall–Kier alpha value is -5.10. The van der Waals surface area contributed by atoms with Crippen molar-refractivity contribution in [2.75, 3.05) is 19.7 Å². The number of nitrogens with two attached hydrogens (primary N) is 1. The smallest absolute Gasteiger partial charge is 0.309 e. The number of amides is 1. The van der Waals surface area contributed by atoms with E-state index in [1.165, 1.54) is 23.1 Å². The average molecular weight is 616 g/mol. The molecule has 236 valence electrons. The van der Waals surface area contributed by atoms with Crippen molar-refractivity contribution in [3.63, 3.8) is 0 Å². The van der Waals surface area contributed by atoms with Crippen LogP contribution in [0, 0.1) is 16.0 Å². The molecule has 0 radical (unpaired) electrons. The molecular weight excluding hydrogens is 578 g/mol. The lowest BCUT2D eigenvalue weighted by atomic mass is 9.93. The van der Waals surface area contributed by atoms with Gasteiger partial charge in [-0.2, -0.15) is 0 Å². The molecule has 2 aliphatic rings. The molecule has 2 aliphatic heterocycles. The molecule has 0 aromatic heterocycles. The van der Waals surface area contributed by atoms with Crippen LogP contribution in [0.3, 0.4) is 0 Å². The second-order valence-electron chi connectivity index (χ2n) is 11.2. The predicted octanol–water partition coefficient (Wildman–Crippen LogP) is 2.82. The van der Waals surface area contributed by atoms with E-state index >= 15 is 0 Å². The summed E-state index contributed by atoms with van der Waals surface area (Å²) >= 11 is 0. The van der Waals surface area contributed by atoms with Crippen molar-refractivity contribution in [1.82, 2.24) is 15.3 Å². The number of nitrogens with one attached hydrogen (secondary N) is 1. The molecule has 1 fully saturated rings. The van der Waals surface area contributed by atoms with Crippen LogP contribution in [0.4, 0.5) is 5.69 Å². The largest absolute Gasteiger partial charge is 0.490 e. The zero-order valence-electron chi connectivity index (χ0n) is 25.4. The molecular formula is C33H37N5O7. The lowest BCUT2D eigenvalue weighted by Gasteiger charge is -2.35. The van der Waals surface area contributed by atoms with Crippen LogP contribution < -0.4 is 31.1 Å². The van der Waals surface area contributed by atoms with Gasteiger partial charge in [-0.05, 0) is 55.7 Å². The Labute approximate surface area is 260 Å². The van der Waals surface area contributed by atoms with Gasteiger partial charge in [-0.3, -0.25) is 24.7 Å². The lowest BCUT2D eigenvalue weighted by molar-refractivity contribution is -0.385. The van der Waals surface area contributed by atoms with Gasteiger partial charge in [0.15, 0.2) is 11.5 Å². The highest BCUT2D eigenvalue weighted by Crippen LogP contribution is 2.41. The molecule has 3 atom stereocenters. The summed E-state index contributed by atoms with van der Waals surface area (Å²) in [6.45, 7) is 6.53. The highest BCUT2D eigenvalue weighted by molar-refractivity contribution is 5.86. The molecule has 12 heteroatoms. The number of carbonyl (C=O) groups excluding carboxylic acids is 1. The number of hydrogen-bond acceptors (Lipinski definition) is 9. The summed E-state index contributed by atoms with van der Waals surface area (Å²) in [5, 5.41) is 25.1. The van der Waals surface area contributed by atoms with Crippen LogP contribution in [0.25, 0.3) is 11.9 Å². The molecule has 1 amide bonds. The molecule has 0 bridgehead atoms. The quantitative estimate of drug-likeness (QED) is 0.216. The minimum absolute atomic E-state index is 0.114. The molecule has 0 saturated carbocycles. The van der Waals surface area contributed by atoms with Crippen molar-refractivity contribution in [2.24, 2.45) is 11.7 Å². The number of ether oxygens (including phenoxy) is 2. The van der Waals surface area contributed by atoms with Crippen LogP contribution in [-0.2, 0) is 9.59 Å². The van der Waals surface area contributed by atoms with E-state index in [4.69, 9.17) is 15.2 Å². The molecule has 0 aliphatic carbocycles. The highest BCUT2D eigenvalue weighted by Gasteiger charge is 2.45. The first-order valence-corrected chi connectivity index (χ1v) is 14.9. The Morgan fingerprint density at radius 2 is 1.89 bits per heavy atom. The minimum Gasteiger partial charge on any atom is -0.490 e. The van der Waals surface area contributed by atoms with Gasteiger partial charge in [0, 0.05) is 23.9 Å². The molecule has 1 saturated heterocycles. The van der Waals surface area contributed by atoms with Crippen molar-refractivity contribution in [2.45, 2.75) is 45.4 Å². The molecule has 3 unspecified atom stereocenters. The number of fused-ring (bicyclic) bond motifs is 1. The Balaban J connectivity index is 1.59. The number of hydrogen-bond donors (Lipinski definition) is 3. The number of nitro groups is 1. The van der Waals surface area contributed by atoms with Crippen LogP contribution in [0.5, 0.6) is 11.5 Å². The molecule has 4 N–H and O–H groups in total. The second-order valence-corrected chi connectivity index (χ2v) is 11.2. The fourth-order valence-corrected chi connectivity index (χ4v) is 5.91. The van der Waals surface area contributed by atoms with Crippen LogP contribution in [0.1, 0.15) is 50.4 Å².